The van der Waals surface area contributed by atoms with E-state index in [0.29, 0.717) is 12.7 Å². The summed E-state index contributed by atoms with van der Waals surface area (Å²) in [6.07, 6.45) is 5.39. The minimum Gasteiger partial charge on any atom is -0.497 e. The van der Waals surface area contributed by atoms with Gasteiger partial charge in [-0.3, -0.25) is 0 Å². The van der Waals surface area contributed by atoms with Crippen molar-refractivity contribution < 1.29 is 9.47 Å². The standard InChI is InChI=1S/C15H23NO2/c1-11-4-3-5-14(6-11)18-10-12-7-13(16)9-15(8-12)17-2/h7-9,11,14H,3-6,10,16H2,1-2H3. The van der Waals surface area contributed by atoms with Gasteiger partial charge in [0.25, 0.3) is 0 Å². The van der Waals surface area contributed by atoms with Crippen LogP contribution in [0.2, 0.25) is 0 Å². The van der Waals surface area contributed by atoms with E-state index >= 15 is 0 Å². The Bertz CT molecular complexity index is 392. The van der Waals surface area contributed by atoms with Crippen LogP contribution in [-0.4, -0.2) is 13.2 Å². The van der Waals surface area contributed by atoms with Crippen LogP contribution in [-0.2, 0) is 11.3 Å². The lowest BCUT2D eigenvalue weighted by Gasteiger charge is -2.26. The molecule has 0 amide bonds. The fourth-order valence-electron chi connectivity index (χ4n) is 2.63. The smallest absolute Gasteiger partial charge is 0.121 e. The predicted octanol–water partition coefficient (Wildman–Crippen LogP) is 3.37. The lowest BCUT2D eigenvalue weighted by molar-refractivity contribution is 0.00463. The molecule has 1 aromatic carbocycles. The summed E-state index contributed by atoms with van der Waals surface area (Å²) in [7, 11) is 1.65. The van der Waals surface area contributed by atoms with Crippen LogP contribution in [0.15, 0.2) is 18.2 Å². The van der Waals surface area contributed by atoms with Crippen molar-refractivity contribution in [3.63, 3.8) is 0 Å². The van der Waals surface area contributed by atoms with E-state index in [1.54, 1.807) is 7.11 Å². The molecule has 3 heteroatoms. The van der Waals surface area contributed by atoms with Gasteiger partial charge in [0.05, 0.1) is 19.8 Å². The van der Waals surface area contributed by atoms with Crippen LogP contribution in [0.4, 0.5) is 5.69 Å². The number of methoxy groups -OCH3 is 1. The highest BCUT2D eigenvalue weighted by Gasteiger charge is 2.19. The second kappa shape index (κ2) is 6.10. The predicted molar refractivity (Wildman–Crippen MR) is 73.6 cm³/mol. The van der Waals surface area contributed by atoms with Gasteiger partial charge in [0.2, 0.25) is 0 Å². The zero-order valence-electron chi connectivity index (χ0n) is 11.3. The van der Waals surface area contributed by atoms with E-state index < -0.39 is 0 Å². The minimum absolute atomic E-state index is 0.404. The summed E-state index contributed by atoms with van der Waals surface area (Å²) < 4.78 is 11.2. The zero-order chi connectivity index (χ0) is 13.0. The van der Waals surface area contributed by atoms with Gasteiger partial charge >= 0.3 is 0 Å². The molecule has 1 aliphatic rings. The first-order valence-corrected chi connectivity index (χ1v) is 6.72. The van der Waals surface area contributed by atoms with Crippen molar-refractivity contribution in [1.82, 2.24) is 0 Å². The van der Waals surface area contributed by atoms with Crippen LogP contribution < -0.4 is 10.5 Å². The lowest BCUT2D eigenvalue weighted by atomic mass is 9.89. The number of hydrogen-bond acceptors (Lipinski definition) is 3. The molecule has 100 valence electrons. The van der Waals surface area contributed by atoms with E-state index in [9.17, 15) is 0 Å². The largest absolute Gasteiger partial charge is 0.497 e. The molecule has 0 bridgehead atoms. The molecule has 18 heavy (non-hydrogen) atoms. The second-order valence-electron chi connectivity index (χ2n) is 5.32. The monoisotopic (exact) mass is 249 g/mol. The van der Waals surface area contributed by atoms with Gasteiger partial charge in [-0.05, 0) is 36.5 Å². The molecule has 2 atom stereocenters. The van der Waals surface area contributed by atoms with E-state index in [1.165, 1.54) is 25.7 Å². The maximum atomic E-state index is 5.98. The molecule has 2 unspecified atom stereocenters. The quantitative estimate of drug-likeness (QED) is 0.832. The maximum absolute atomic E-state index is 5.98. The third kappa shape index (κ3) is 3.64. The Balaban J connectivity index is 1.91. The molecule has 0 spiro atoms. The highest BCUT2D eigenvalue weighted by molar-refractivity contribution is 5.47. The first-order valence-electron chi connectivity index (χ1n) is 6.72. The Labute approximate surface area is 109 Å². The second-order valence-corrected chi connectivity index (χ2v) is 5.32. The number of ether oxygens (including phenoxy) is 2. The average molecular weight is 249 g/mol. The summed E-state index contributed by atoms with van der Waals surface area (Å²) in [6, 6.07) is 5.77. The first kappa shape index (κ1) is 13.2. The summed E-state index contributed by atoms with van der Waals surface area (Å²) >= 11 is 0. The Kier molecular flexibility index (Phi) is 4.48. The van der Waals surface area contributed by atoms with Gasteiger partial charge in [0, 0.05) is 11.8 Å². The molecule has 2 rings (SSSR count). The van der Waals surface area contributed by atoms with Crippen molar-refractivity contribution in [2.75, 3.05) is 12.8 Å². The van der Waals surface area contributed by atoms with E-state index in [0.717, 1.165) is 22.9 Å². The molecule has 1 saturated carbocycles. The molecule has 0 saturated heterocycles. The minimum atomic E-state index is 0.404. The lowest BCUT2D eigenvalue weighted by Crippen LogP contribution is -2.21. The van der Waals surface area contributed by atoms with Gasteiger partial charge in [0.15, 0.2) is 0 Å². The molecular formula is C15H23NO2. The maximum Gasteiger partial charge on any atom is 0.121 e. The van der Waals surface area contributed by atoms with Gasteiger partial charge in [-0.15, -0.1) is 0 Å². The highest BCUT2D eigenvalue weighted by atomic mass is 16.5. The van der Waals surface area contributed by atoms with Gasteiger partial charge in [-0.1, -0.05) is 19.8 Å². The fraction of sp³-hybridized carbons (Fsp3) is 0.600. The molecule has 1 aliphatic carbocycles. The Morgan fingerprint density at radius 3 is 2.83 bits per heavy atom. The third-order valence-corrected chi connectivity index (χ3v) is 3.60. The molecule has 1 fully saturated rings. The van der Waals surface area contributed by atoms with Crippen molar-refractivity contribution >= 4 is 5.69 Å². The summed E-state index contributed by atoms with van der Waals surface area (Å²) in [5.74, 6) is 1.59. The molecular weight excluding hydrogens is 226 g/mol. The molecule has 3 nitrogen and oxygen atoms in total. The number of nitrogens with two attached hydrogens (primary N) is 1. The number of rotatable bonds is 4. The molecule has 2 N–H and O–H groups in total. The van der Waals surface area contributed by atoms with Crippen LogP contribution in [0.1, 0.15) is 38.2 Å². The number of benzene rings is 1. The number of hydrogen-bond donors (Lipinski definition) is 1. The average Bonchev–Trinajstić information content (AvgIpc) is 2.36. The first-order chi connectivity index (χ1) is 8.67. The number of nitrogen functional groups attached to an aromatic ring is 1. The molecule has 0 radical (unpaired) electrons. The van der Waals surface area contributed by atoms with E-state index in [1.807, 2.05) is 18.2 Å². The van der Waals surface area contributed by atoms with Crippen molar-refractivity contribution in [3.05, 3.63) is 23.8 Å². The normalized spacial score (nSPS) is 23.9. The van der Waals surface area contributed by atoms with Crippen LogP contribution in [0.5, 0.6) is 5.75 Å². The Morgan fingerprint density at radius 1 is 1.28 bits per heavy atom. The van der Waals surface area contributed by atoms with E-state index in [-0.39, 0.29) is 0 Å². The summed E-state index contributed by atoms with van der Waals surface area (Å²) in [5.41, 5.74) is 7.65. The third-order valence-electron chi connectivity index (χ3n) is 3.60. The van der Waals surface area contributed by atoms with Crippen LogP contribution in [0.3, 0.4) is 0 Å². The van der Waals surface area contributed by atoms with Crippen molar-refractivity contribution in [2.24, 2.45) is 5.92 Å². The van der Waals surface area contributed by atoms with Crippen molar-refractivity contribution in [1.29, 1.82) is 0 Å². The van der Waals surface area contributed by atoms with E-state index in [4.69, 9.17) is 15.2 Å². The molecule has 0 aromatic heterocycles. The summed E-state index contributed by atoms with van der Waals surface area (Å²) in [5, 5.41) is 0. The SMILES string of the molecule is COc1cc(N)cc(COC2CCCC(C)C2)c1. The highest BCUT2D eigenvalue weighted by Crippen LogP contribution is 2.27. The van der Waals surface area contributed by atoms with Gasteiger partial charge in [0.1, 0.15) is 5.75 Å². The molecule has 1 aromatic rings. The molecule has 0 heterocycles. The van der Waals surface area contributed by atoms with Gasteiger partial charge in [-0.2, -0.15) is 0 Å². The van der Waals surface area contributed by atoms with Crippen molar-refractivity contribution in [3.8, 4) is 5.75 Å². The number of anilines is 1. The Hall–Kier alpha value is -1.22. The van der Waals surface area contributed by atoms with E-state index in [2.05, 4.69) is 6.92 Å². The van der Waals surface area contributed by atoms with Crippen molar-refractivity contribution in [2.45, 2.75) is 45.3 Å². The van der Waals surface area contributed by atoms with Crippen LogP contribution >= 0.6 is 0 Å². The topological polar surface area (TPSA) is 44.5 Å². The van der Waals surface area contributed by atoms with Crippen LogP contribution in [0.25, 0.3) is 0 Å². The summed E-state index contributed by atoms with van der Waals surface area (Å²) in [6.45, 7) is 2.93. The van der Waals surface area contributed by atoms with Crippen LogP contribution in [0, 0.1) is 5.92 Å². The summed E-state index contributed by atoms with van der Waals surface area (Å²) in [4.78, 5) is 0. The molecule has 0 aliphatic heterocycles. The Morgan fingerprint density at radius 2 is 2.11 bits per heavy atom. The van der Waals surface area contributed by atoms with Gasteiger partial charge < -0.3 is 15.2 Å². The fourth-order valence-corrected chi connectivity index (χ4v) is 2.63. The zero-order valence-corrected chi connectivity index (χ0v) is 11.3. The van der Waals surface area contributed by atoms with Gasteiger partial charge in [-0.25, -0.2) is 0 Å².